The van der Waals surface area contributed by atoms with Gasteiger partial charge < -0.3 is 10.7 Å². The Kier molecular flexibility index (Phi) is 3.16. The number of hydrogen-bond donors (Lipinski definition) is 2. The molecule has 100 valence electrons. The quantitative estimate of drug-likeness (QED) is 0.697. The average Bonchev–Trinajstić information content (AvgIpc) is 2.85. The van der Waals surface area contributed by atoms with E-state index in [-0.39, 0.29) is 5.69 Å². The number of imidazole rings is 1. The molecule has 2 aromatic carbocycles. The second kappa shape index (κ2) is 4.98. The number of aromatic amines is 1. The van der Waals surface area contributed by atoms with Crippen molar-refractivity contribution in [3.05, 3.63) is 58.6 Å². The Bertz CT molecular complexity index is 808. The maximum absolute atomic E-state index is 13.7. The van der Waals surface area contributed by atoms with Gasteiger partial charge in [-0.3, -0.25) is 0 Å². The Labute approximate surface area is 119 Å². The topological polar surface area (TPSA) is 54.7 Å². The molecule has 20 heavy (non-hydrogen) atoms. The third-order valence-corrected chi connectivity index (χ3v) is 3.28. The molecule has 0 fully saturated rings. The van der Waals surface area contributed by atoms with Gasteiger partial charge in [-0.25, -0.2) is 9.37 Å². The molecule has 1 aromatic heterocycles. The third-order valence-electron chi connectivity index (χ3n) is 2.96. The molecule has 0 aliphatic heterocycles. The van der Waals surface area contributed by atoms with Crippen molar-refractivity contribution in [3.8, 4) is 0 Å². The fourth-order valence-electron chi connectivity index (χ4n) is 1.96. The molecule has 0 amide bonds. The van der Waals surface area contributed by atoms with E-state index in [1.807, 2.05) is 12.1 Å². The first-order valence-corrected chi connectivity index (χ1v) is 6.39. The van der Waals surface area contributed by atoms with E-state index in [2.05, 4.69) is 9.97 Å². The maximum Gasteiger partial charge on any atom is 0.153 e. The van der Waals surface area contributed by atoms with Crippen LogP contribution in [0.4, 0.5) is 10.1 Å². The fourth-order valence-corrected chi connectivity index (χ4v) is 2.18. The number of rotatable bonds is 2. The van der Waals surface area contributed by atoms with Crippen molar-refractivity contribution < 1.29 is 4.39 Å². The fraction of sp³-hybridized carbons (Fsp3) is 0. The van der Waals surface area contributed by atoms with Gasteiger partial charge >= 0.3 is 0 Å². The molecule has 3 aromatic rings. The van der Waals surface area contributed by atoms with Gasteiger partial charge in [-0.15, -0.1) is 0 Å². The predicted octanol–water partition coefficient (Wildman–Crippen LogP) is 4.11. The molecule has 0 saturated carbocycles. The zero-order valence-electron chi connectivity index (χ0n) is 10.4. The standard InChI is InChI=1S/C15H11ClFN3/c16-10-4-2-6-12-15(10)20-13(19-12)8-7-9-3-1-5-11(18)14(9)17/h1-8H,18H2,(H,19,20)/b8-7+. The average molecular weight is 288 g/mol. The van der Waals surface area contributed by atoms with E-state index >= 15 is 0 Å². The minimum absolute atomic E-state index is 0.125. The van der Waals surface area contributed by atoms with E-state index in [9.17, 15) is 4.39 Å². The lowest BCUT2D eigenvalue weighted by atomic mass is 10.1. The molecule has 1 heterocycles. The summed E-state index contributed by atoms with van der Waals surface area (Å²) in [5, 5.41) is 0.602. The Morgan fingerprint density at radius 1 is 1.15 bits per heavy atom. The molecule has 3 rings (SSSR count). The van der Waals surface area contributed by atoms with Crippen LogP contribution in [-0.4, -0.2) is 9.97 Å². The van der Waals surface area contributed by atoms with Gasteiger partial charge in [-0.05, 0) is 30.4 Å². The number of nitrogens with zero attached hydrogens (tertiary/aromatic N) is 1. The maximum atomic E-state index is 13.7. The number of H-pyrrole nitrogens is 1. The van der Waals surface area contributed by atoms with Crippen LogP contribution in [0.25, 0.3) is 23.2 Å². The SMILES string of the molecule is Nc1cccc(/C=C/c2nc3cccc(Cl)c3[nH]2)c1F. The molecular formula is C15H11ClFN3. The molecule has 0 aliphatic carbocycles. The van der Waals surface area contributed by atoms with Gasteiger partial charge in [-0.1, -0.05) is 29.8 Å². The summed E-state index contributed by atoms with van der Waals surface area (Å²) in [4.78, 5) is 7.44. The highest BCUT2D eigenvalue weighted by molar-refractivity contribution is 6.34. The minimum atomic E-state index is -0.433. The van der Waals surface area contributed by atoms with E-state index in [1.165, 1.54) is 6.07 Å². The smallest absolute Gasteiger partial charge is 0.153 e. The van der Waals surface area contributed by atoms with Crippen LogP contribution in [0, 0.1) is 5.82 Å². The van der Waals surface area contributed by atoms with Gasteiger partial charge in [-0.2, -0.15) is 0 Å². The number of hydrogen-bond acceptors (Lipinski definition) is 2. The molecule has 0 bridgehead atoms. The number of nitrogens with two attached hydrogens (primary N) is 1. The summed E-state index contributed by atoms with van der Waals surface area (Å²) in [5.41, 5.74) is 7.59. The molecule has 0 spiro atoms. The van der Waals surface area contributed by atoms with Gasteiger partial charge in [0.1, 0.15) is 5.82 Å². The van der Waals surface area contributed by atoms with E-state index in [0.717, 1.165) is 11.0 Å². The first kappa shape index (κ1) is 12.7. The first-order chi connectivity index (χ1) is 9.65. The zero-order chi connectivity index (χ0) is 14.1. The third kappa shape index (κ3) is 2.26. The van der Waals surface area contributed by atoms with Gasteiger partial charge in [0.2, 0.25) is 0 Å². The van der Waals surface area contributed by atoms with Gasteiger partial charge in [0.15, 0.2) is 5.82 Å². The molecular weight excluding hydrogens is 277 g/mol. The number of nitrogen functional groups attached to an aromatic ring is 1. The summed E-state index contributed by atoms with van der Waals surface area (Å²) >= 11 is 6.06. The largest absolute Gasteiger partial charge is 0.396 e. The Morgan fingerprint density at radius 3 is 2.75 bits per heavy atom. The van der Waals surface area contributed by atoms with Crippen LogP contribution in [0.2, 0.25) is 5.02 Å². The van der Waals surface area contributed by atoms with Crippen LogP contribution < -0.4 is 5.73 Å². The number of benzene rings is 2. The Morgan fingerprint density at radius 2 is 1.95 bits per heavy atom. The predicted molar refractivity (Wildman–Crippen MR) is 80.8 cm³/mol. The van der Waals surface area contributed by atoms with Crippen LogP contribution in [0.5, 0.6) is 0 Å². The highest BCUT2D eigenvalue weighted by atomic mass is 35.5. The van der Waals surface area contributed by atoms with Crippen molar-refractivity contribution in [2.24, 2.45) is 0 Å². The van der Waals surface area contributed by atoms with E-state index in [4.69, 9.17) is 17.3 Å². The van der Waals surface area contributed by atoms with Crippen LogP contribution in [-0.2, 0) is 0 Å². The van der Waals surface area contributed by atoms with Crippen molar-refractivity contribution in [1.29, 1.82) is 0 Å². The Hall–Kier alpha value is -2.33. The minimum Gasteiger partial charge on any atom is -0.396 e. The summed E-state index contributed by atoms with van der Waals surface area (Å²) < 4.78 is 13.7. The second-order valence-corrected chi connectivity index (χ2v) is 4.75. The van der Waals surface area contributed by atoms with Crippen molar-refractivity contribution in [2.75, 3.05) is 5.73 Å². The molecule has 3 N–H and O–H groups in total. The summed E-state index contributed by atoms with van der Waals surface area (Å²) in [6.07, 6.45) is 3.31. The highest BCUT2D eigenvalue weighted by Crippen LogP contribution is 2.22. The lowest BCUT2D eigenvalue weighted by molar-refractivity contribution is 0.630. The monoisotopic (exact) mass is 287 g/mol. The number of halogens is 2. The number of para-hydroxylation sites is 1. The van der Waals surface area contributed by atoms with Gasteiger partial charge in [0, 0.05) is 5.56 Å². The van der Waals surface area contributed by atoms with E-state index < -0.39 is 5.82 Å². The van der Waals surface area contributed by atoms with E-state index in [1.54, 1.807) is 30.4 Å². The van der Waals surface area contributed by atoms with Crippen LogP contribution >= 0.6 is 11.6 Å². The molecule has 0 unspecified atom stereocenters. The van der Waals surface area contributed by atoms with Crippen LogP contribution in [0.3, 0.4) is 0 Å². The van der Waals surface area contributed by atoms with Crippen molar-refractivity contribution in [2.45, 2.75) is 0 Å². The number of aromatic nitrogens is 2. The first-order valence-electron chi connectivity index (χ1n) is 6.01. The van der Waals surface area contributed by atoms with Gasteiger partial charge in [0.25, 0.3) is 0 Å². The summed E-state index contributed by atoms with van der Waals surface area (Å²) in [7, 11) is 0. The zero-order valence-corrected chi connectivity index (χ0v) is 11.2. The Balaban J connectivity index is 1.98. The van der Waals surface area contributed by atoms with Crippen LogP contribution in [0.1, 0.15) is 11.4 Å². The normalized spacial score (nSPS) is 11.5. The summed E-state index contributed by atoms with van der Waals surface area (Å²) in [5.74, 6) is 0.174. The van der Waals surface area contributed by atoms with Crippen molar-refractivity contribution in [3.63, 3.8) is 0 Å². The van der Waals surface area contributed by atoms with E-state index in [0.29, 0.717) is 16.4 Å². The summed E-state index contributed by atoms with van der Waals surface area (Å²) in [6.45, 7) is 0. The molecule has 5 heteroatoms. The number of nitrogens with one attached hydrogen (secondary N) is 1. The summed E-state index contributed by atoms with van der Waals surface area (Å²) in [6, 6.07) is 10.3. The molecule has 3 nitrogen and oxygen atoms in total. The highest BCUT2D eigenvalue weighted by Gasteiger charge is 2.05. The molecule has 0 radical (unpaired) electrons. The second-order valence-electron chi connectivity index (χ2n) is 4.34. The lowest BCUT2D eigenvalue weighted by Crippen LogP contribution is -1.92. The molecule has 0 aliphatic rings. The molecule has 0 atom stereocenters. The van der Waals surface area contributed by atoms with Crippen molar-refractivity contribution >= 4 is 40.5 Å². The number of fused-ring (bicyclic) bond motifs is 1. The van der Waals surface area contributed by atoms with Crippen LogP contribution in [0.15, 0.2) is 36.4 Å². The lowest BCUT2D eigenvalue weighted by Gasteiger charge is -1.99. The van der Waals surface area contributed by atoms with Crippen molar-refractivity contribution in [1.82, 2.24) is 9.97 Å². The molecule has 0 saturated heterocycles. The van der Waals surface area contributed by atoms with Gasteiger partial charge in [0.05, 0.1) is 21.7 Å². The number of anilines is 1.